The van der Waals surface area contributed by atoms with Gasteiger partial charge in [-0.1, -0.05) is 23.7 Å². The number of hydrogen-bond acceptors (Lipinski definition) is 4. The number of aromatic nitrogens is 2. The molecule has 0 radical (unpaired) electrons. The summed E-state index contributed by atoms with van der Waals surface area (Å²) < 4.78 is 44.8. The largest absolute Gasteiger partial charge is 0.495 e. The molecule has 0 fully saturated rings. The summed E-state index contributed by atoms with van der Waals surface area (Å²) >= 11 is 5.86. The fraction of sp³-hybridized carbons (Fsp3) is 0.150. The number of anilines is 1. The summed E-state index contributed by atoms with van der Waals surface area (Å²) in [6, 6.07) is 12.2. The van der Waals surface area contributed by atoms with Gasteiger partial charge < -0.3 is 10.1 Å². The van der Waals surface area contributed by atoms with Crippen LogP contribution in [0.2, 0.25) is 5.02 Å². The number of halogens is 4. The molecule has 156 valence electrons. The van der Waals surface area contributed by atoms with Crippen LogP contribution in [0.1, 0.15) is 5.56 Å². The van der Waals surface area contributed by atoms with Crippen LogP contribution < -0.4 is 15.6 Å². The molecule has 30 heavy (non-hydrogen) atoms. The zero-order chi connectivity index (χ0) is 21.9. The highest BCUT2D eigenvalue weighted by atomic mass is 35.5. The Labute approximate surface area is 173 Å². The Morgan fingerprint density at radius 3 is 2.47 bits per heavy atom. The summed E-state index contributed by atoms with van der Waals surface area (Å²) in [6.45, 7) is -0.500. The van der Waals surface area contributed by atoms with Crippen molar-refractivity contribution in [1.29, 1.82) is 0 Å². The minimum Gasteiger partial charge on any atom is -0.495 e. The molecule has 0 spiro atoms. The molecular formula is C20H15ClF3N3O3. The number of nitrogens with zero attached hydrogens (tertiary/aromatic N) is 2. The van der Waals surface area contributed by atoms with E-state index in [2.05, 4.69) is 10.4 Å². The lowest BCUT2D eigenvalue weighted by Crippen LogP contribution is -2.29. The third-order valence-electron chi connectivity index (χ3n) is 4.10. The topological polar surface area (TPSA) is 73.2 Å². The highest BCUT2D eigenvalue weighted by Gasteiger charge is 2.31. The van der Waals surface area contributed by atoms with Gasteiger partial charge >= 0.3 is 6.18 Å². The number of hydrogen-bond donors (Lipinski definition) is 1. The monoisotopic (exact) mass is 437 g/mol. The lowest BCUT2D eigenvalue weighted by atomic mass is 10.1. The van der Waals surface area contributed by atoms with Crippen molar-refractivity contribution in [3.63, 3.8) is 0 Å². The average molecular weight is 438 g/mol. The van der Waals surface area contributed by atoms with Crippen molar-refractivity contribution in [1.82, 2.24) is 9.78 Å². The highest BCUT2D eigenvalue weighted by molar-refractivity contribution is 6.30. The first-order valence-corrected chi connectivity index (χ1v) is 8.94. The van der Waals surface area contributed by atoms with Gasteiger partial charge in [0.1, 0.15) is 12.3 Å². The van der Waals surface area contributed by atoms with E-state index in [0.717, 1.165) is 22.9 Å². The first-order valence-electron chi connectivity index (χ1n) is 8.56. The lowest BCUT2D eigenvalue weighted by Gasteiger charge is -2.14. The Balaban J connectivity index is 1.84. The minimum atomic E-state index is -4.59. The molecule has 0 aliphatic carbocycles. The molecule has 3 rings (SSSR count). The molecule has 10 heteroatoms. The smallest absolute Gasteiger partial charge is 0.416 e. The van der Waals surface area contributed by atoms with Gasteiger partial charge in [0.05, 0.1) is 24.1 Å². The van der Waals surface area contributed by atoms with E-state index in [1.54, 1.807) is 24.3 Å². The normalized spacial score (nSPS) is 11.2. The number of alkyl halides is 3. The predicted octanol–water partition coefficient (Wildman–Crippen LogP) is 4.23. The molecule has 0 atom stereocenters. The van der Waals surface area contributed by atoms with Gasteiger partial charge in [0.2, 0.25) is 5.91 Å². The fourth-order valence-electron chi connectivity index (χ4n) is 2.64. The first kappa shape index (κ1) is 21.4. The van der Waals surface area contributed by atoms with E-state index in [4.69, 9.17) is 16.3 Å². The Bertz CT molecular complexity index is 1130. The van der Waals surface area contributed by atoms with Crippen LogP contribution in [0.25, 0.3) is 11.3 Å². The van der Waals surface area contributed by atoms with Gasteiger partial charge in [0, 0.05) is 16.7 Å². The standard InChI is InChI=1S/C20H15ClF3N3O3/c1-30-17-8-4-13(20(22,23)24)10-16(17)25-18(28)11-27-19(29)9-7-15(26-27)12-2-5-14(21)6-3-12/h2-10H,11H2,1H3,(H,25,28). The second kappa shape index (κ2) is 8.58. The summed E-state index contributed by atoms with van der Waals surface area (Å²) in [5.41, 5.74) is -0.555. The van der Waals surface area contributed by atoms with E-state index in [0.29, 0.717) is 16.3 Å². The van der Waals surface area contributed by atoms with Gasteiger partial charge in [-0.3, -0.25) is 9.59 Å². The van der Waals surface area contributed by atoms with Gasteiger partial charge in [-0.25, -0.2) is 4.68 Å². The third-order valence-corrected chi connectivity index (χ3v) is 4.35. The Morgan fingerprint density at radius 2 is 1.83 bits per heavy atom. The van der Waals surface area contributed by atoms with Crippen LogP contribution in [0, 0.1) is 0 Å². The van der Waals surface area contributed by atoms with Crippen LogP contribution >= 0.6 is 11.6 Å². The number of carbonyl (C=O) groups excluding carboxylic acids is 1. The molecule has 6 nitrogen and oxygen atoms in total. The molecule has 0 bridgehead atoms. The number of methoxy groups -OCH3 is 1. The molecule has 2 aromatic carbocycles. The van der Waals surface area contributed by atoms with Crippen molar-refractivity contribution in [2.24, 2.45) is 0 Å². The van der Waals surface area contributed by atoms with Crippen molar-refractivity contribution in [3.05, 3.63) is 75.5 Å². The van der Waals surface area contributed by atoms with Crippen molar-refractivity contribution < 1.29 is 22.7 Å². The quantitative estimate of drug-likeness (QED) is 0.648. The summed E-state index contributed by atoms with van der Waals surface area (Å²) in [5, 5.41) is 7.01. The molecule has 0 saturated carbocycles. The number of rotatable bonds is 5. The second-order valence-corrected chi connectivity index (χ2v) is 6.62. The van der Waals surface area contributed by atoms with Gasteiger partial charge in [0.15, 0.2) is 0 Å². The molecule has 1 amide bonds. The molecule has 1 N–H and O–H groups in total. The van der Waals surface area contributed by atoms with Crippen LogP contribution in [0.4, 0.5) is 18.9 Å². The van der Waals surface area contributed by atoms with E-state index in [-0.39, 0.29) is 11.4 Å². The van der Waals surface area contributed by atoms with Crippen LogP contribution in [0.5, 0.6) is 5.75 Å². The van der Waals surface area contributed by atoms with E-state index >= 15 is 0 Å². The average Bonchev–Trinajstić information content (AvgIpc) is 2.69. The number of nitrogens with one attached hydrogen (secondary N) is 1. The number of ether oxygens (including phenoxy) is 1. The van der Waals surface area contributed by atoms with Crippen molar-refractivity contribution in [3.8, 4) is 17.0 Å². The molecular weight excluding hydrogens is 423 g/mol. The summed E-state index contributed by atoms with van der Waals surface area (Å²) in [5.74, 6) is -0.693. The van der Waals surface area contributed by atoms with E-state index in [9.17, 15) is 22.8 Å². The molecule has 0 aliphatic rings. The summed E-state index contributed by atoms with van der Waals surface area (Å²) in [7, 11) is 1.26. The van der Waals surface area contributed by atoms with Gasteiger partial charge in [-0.05, 0) is 36.4 Å². The maximum atomic E-state index is 13.0. The summed E-state index contributed by atoms with van der Waals surface area (Å²) in [6.07, 6.45) is -4.59. The van der Waals surface area contributed by atoms with Crippen LogP contribution in [-0.2, 0) is 17.5 Å². The van der Waals surface area contributed by atoms with E-state index in [1.165, 1.54) is 19.2 Å². The molecule has 0 unspecified atom stereocenters. The molecule has 0 aliphatic heterocycles. The number of amides is 1. The summed E-state index contributed by atoms with van der Waals surface area (Å²) in [4.78, 5) is 24.5. The second-order valence-electron chi connectivity index (χ2n) is 6.18. The maximum Gasteiger partial charge on any atom is 0.416 e. The molecule has 3 aromatic rings. The first-order chi connectivity index (χ1) is 14.2. The van der Waals surface area contributed by atoms with Crippen molar-refractivity contribution in [2.75, 3.05) is 12.4 Å². The SMILES string of the molecule is COc1ccc(C(F)(F)F)cc1NC(=O)Cn1nc(-c2ccc(Cl)cc2)ccc1=O. The van der Waals surface area contributed by atoms with E-state index < -0.39 is 29.8 Å². The van der Waals surface area contributed by atoms with Gasteiger partial charge in [-0.2, -0.15) is 18.3 Å². The molecule has 1 aromatic heterocycles. The Kier molecular flexibility index (Phi) is 6.12. The Hall–Kier alpha value is -3.33. The van der Waals surface area contributed by atoms with E-state index in [1.807, 2.05) is 0 Å². The van der Waals surface area contributed by atoms with Gasteiger partial charge in [0.25, 0.3) is 5.56 Å². The zero-order valence-electron chi connectivity index (χ0n) is 15.5. The molecule has 0 saturated heterocycles. The van der Waals surface area contributed by atoms with Crippen LogP contribution in [0.3, 0.4) is 0 Å². The van der Waals surface area contributed by atoms with Crippen LogP contribution in [-0.4, -0.2) is 22.8 Å². The Morgan fingerprint density at radius 1 is 1.13 bits per heavy atom. The maximum absolute atomic E-state index is 13.0. The molecule has 1 heterocycles. The highest BCUT2D eigenvalue weighted by Crippen LogP contribution is 2.34. The zero-order valence-corrected chi connectivity index (χ0v) is 16.3. The number of carbonyl (C=O) groups is 1. The minimum absolute atomic E-state index is 0.0478. The lowest BCUT2D eigenvalue weighted by molar-refractivity contribution is -0.137. The number of benzene rings is 2. The predicted molar refractivity (Wildman–Crippen MR) is 106 cm³/mol. The van der Waals surface area contributed by atoms with Crippen molar-refractivity contribution >= 4 is 23.2 Å². The van der Waals surface area contributed by atoms with Crippen LogP contribution in [0.15, 0.2) is 59.4 Å². The third kappa shape index (κ3) is 4.98. The van der Waals surface area contributed by atoms with Crippen molar-refractivity contribution in [2.45, 2.75) is 12.7 Å². The van der Waals surface area contributed by atoms with Gasteiger partial charge in [-0.15, -0.1) is 0 Å². The fourth-order valence-corrected chi connectivity index (χ4v) is 2.77.